The molecule has 1 aromatic heterocycles. The Labute approximate surface area is 86.3 Å². The third-order valence-corrected chi connectivity index (χ3v) is 2.15. The van der Waals surface area contributed by atoms with Gasteiger partial charge in [0.25, 0.3) is 0 Å². The van der Waals surface area contributed by atoms with E-state index >= 15 is 0 Å². The molecule has 0 amide bonds. The molecule has 0 saturated heterocycles. The highest BCUT2D eigenvalue weighted by Crippen LogP contribution is 2.02. The zero-order valence-electron chi connectivity index (χ0n) is 9.59. The van der Waals surface area contributed by atoms with E-state index in [0.29, 0.717) is 12.0 Å². The molecule has 1 unspecified atom stereocenters. The Hall–Kier alpha value is -0.830. The van der Waals surface area contributed by atoms with Gasteiger partial charge in [0.05, 0.1) is 5.69 Å². The highest BCUT2D eigenvalue weighted by Gasteiger charge is 2.05. The van der Waals surface area contributed by atoms with E-state index in [1.165, 1.54) is 0 Å². The van der Waals surface area contributed by atoms with Crippen molar-refractivity contribution in [1.82, 2.24) is 15.5 Å². The zero-order chi connectivity index (χ0) is 10.6. The topological polar surface area (TPSA) is 40.7 Å². The van der Waals surface area contributed by atoms with E-state index in [-0.39, 0.29) is 0 Å². The second-order valence-electron chi connectivity index (χ2n) is 4.45. The molecule has 0 aliphatic heterocycles. The number of nitrogens with zero attached hydrogens (tertiary/aromatic N) is 1. The van der Waals surface area contributed by atoms with Gasteiger partial charge in [-0.3, -0.25) is 5.10 Å². The molecule has 0 saturated carbocycles. The summed E-state index contributed by atoms with van der Waals surface area (Å²) in [4.78, 5) is 0. The van der Waals surface area contributed by atoms with Crippen molar-refractivity contribution in [3.63, 3.8) is 0 Å². The smallest absolute Gasteiger partial charge is 0.0640 e. The van der Waals surface area contributed by atoms with Crippen LogP contribution in [-0.4, -0.2) is 22.8 Å². The van der Waals surface area contributed by atoms with Gasteiger partial charge < -0.3 is 5.32 Å². The van der Waals surface area contributed by atoms with Crippen molar-refractivity contribution in [2.24, 2.45) is 5.92 Å². The fourth-order valence-electron chi connectivity index (χ4n) is 1.40. The lowest BCUT2D eigenvalue weighted by Gasteiger charge is -2.13. The fourth-order valence-corrected chi connectivity index (χ4v) is 1.40. The number of H-pyrrole nitrogens is 1. The molecule has 14 heavy (non-hydrogen) atoms. The minimum Gasteiger partial charge on any atom is -0.314 e. The van der Waals surface area contributed by atoms with Gasteiger partial charge in [-0.15, -0.1) is 0 Å². The first kappa shape index (κ1) is 11.2. The summed E-state index contributed by atoms with van der Waals surface area (Å²) in [5, 5.41) is 10.7. The van der Waals surface area contributed by atoms with E-state index in [0.717, 1.165) is 24.4 Å². The van der Waals surface area contributed by atoms with Crippen LogP contribution in [0.15, 0.2) is 6.07 Å². The van der Waals surface area contributed by atoms with Crippen molar-refractivity contribution in [3.05, 3.63) is 17.5 Å². The van der Waals surface area contributed by atoms with Crippen molar-refractivity contribution < 1.29 is 0 Å². The van der Waals surface area contributed by atoms with E-state index in [9.17, 15) is 0 Å². The molecule has 1 rings (SSSR count). The summed E-state index contributed by atoms with van der Waals surface area (Å²) >= 11 is 0. The summed E-state index contributed by atoms with van der Waals surface area (Å²) in [7, 11) is 0. The average molecular weight is 195 g/mol. The molecule has 0 aliphatic carbocycles. The third-order valence-electron chi connectivity index (χ3n) is 2.15. The maximum absolute atomic E-state index is 4.22. The molecule has 2 N–H and O–H groups in total. The number of hydrogen-bond acceptors (Lipinski definition) is 2. The molecular formula is C11H21N3. The molecule has 1 aromatic rings. The quantitative estimate of drug-likeness (QED) is 0.753. The summed E-state index contributed by atoms with van der Waals surface area (Å²) in [6, 6.07) is 2.60. The van der Waals surface area contributed by atoms with Crippen LogP contribution in [0.3, 0.4) is 0 Å². The maximum Gasteiger partial charge on any atom is 0.0640 e. The molecule has 0 fully saturated rings. The summed E-state index contributed by atoms with van der Waals surface area (Å²) in [5.41, 5.74) is 2.28. The first-order valence-corrected chi connectivity index (χ1v) is 5.32. The Bertz CT molecular complexity index is 265. The molecule has 0 radical (unpaired) electrons. The van der Waals surface area contributed by atoms with Gasteiger partial charge in [-0.05, 0) is 32.4 Å². The summed E-state index contributed by atoms with van der Waals surface area (Å²) in [6.07, 6.45) is 0.997. The lowest BCUT2D eigenvalue weighted by atomic mass is 10.1. The van der Waals surface area contributed by atoms with Crippen LogP contribution in [-0.2, 0) is 6.42 Å². The van der Waals surface area contributed by atoms with Crippen LogP contribution in [0.2, 0.25) is 0 Å². The molecule has 80 valence electrons. The number of aryl methyl sites for hydroxylation is 1. The highest BCUT2D eigenvalue weighted by molar-refractivity contribution is 5.07. The van der Waals surface area contributed by atoms with E-state index in [2.05, 4.69) is 42.4 Å². The van der Waals surface area contributed by atoms with Crippen molar-refractivity contribution >= 4 is 0 Å². The molecule has 0 bridgehead atoms. The minimum atomic E-state index is 0.500. The number of nitrogens with one attached hydrogen (secondary N) is 2. The molecule has 1 heterocycles. The second-order valence-corrected chi connectivity index (χ2v) is 4.45. The van der Waals surface area contributed by atoms with Gasteiger partial charge in [0.15, 0.2) is 0 Å². The largest absolute Gasteiger partial charge is 0.314 e. The molecular weight excluding hydrogens is 174 g/mol. The molecule has 0 spiro atoms. The Morgan fingerprint density at radius 1 is 1.43 bits per heavy atom. The summed E-state index contributed by atoms with van der Waals surface area (Å²) in [5.74, 6) is 0.707. The zero-order valence-corrected chi connectivity index (χ0v) is 9.59. The average Bonchev–Trinajstić information content (AvgIpc) is 2.48. The third kappa shape index (κ3) is 3.92. The second kappa shape index (κ2) is 5.15. The van der Waals surface area contributed by atoms with Crippen LogP contribution in [0.4, 0.5) is 0 Å². The SMILES string of the molecule is Cc1cc(CC(C)NCC(C)C)n[nH]1. The van der Waals surface area contributed by atoms with Gasteiger partial charge in [0.2, 0.25) is 0 Å². The first-order chi connectivity index (χ1) is 6.58. The van der Waals surface area contributed by atoms with Crippen LogP contribution in [0.1, 0.15) is 32.2 Å². The van der Waals surface area contributed by atoms with Gasteiger partial charge in [-0.2, -0.15) is 5.10 Å². The van der Waals surface area contributed by atoms with Crippen LogP contribution >= 0.6 is 0 Å². The van der Waals surface area contributed by atoms with Crippen LogP contribution in [0, 0.1) is 12.8 Å². The monoisotopic (exact) mass is 195 g/mol. The Morgan fingerprint density at radius 2 is 2.14 bits per heavy atom. The number of hydrogen-bond donors (Lipinski definition) is 2. The van der Waals surface area contributed by atoms with Gasteiger partial charge in [0.1, 0.15) is 0 Å². The van der Waals surface area contributed by atoms with Gasteiger partial charge in [0, 0.05) is 18.2 Å². The Balaban J connectivity index is 2.30. The van der Waals surface area contributed by atoms with E-state index in [1.54, 1.807) is 0 Å². The number of aromatic nitrogens is 2. The standard InChI is InChI=1S/C11H21N3/c1-8(2)7-12-9(3)5-11-6-10(4)13-14-11/h6,8-9,12H,5,7H2,1-4H3,(H,13,14). The van der Waals surface area contributed by atoms with E-state index in [1.807, 2.05) is 6.92 Å². The van der Waals surface area contributed by atoms with Crippen molar-refractivity contribution in [1.29, 1.82) is 0 Å². The van der Waals surface area contributed by atoms with Crippen LogP contribution in [0.5, 0.6) is 0 Å². The highest BCUT2D eigenvalue weighted by atomic mass is 15.1. The Morgan fingerprint density at radius 3 is 2.64 bits per heavy atom. The van der Waals surface area contributed by atoms with E-state index < -0.39 is 0 Å². The predicted molar refractivity (Wildman–Crippen MR) is 59.3 cm³/mol. The van der Waals surface area contributed by atoms with Gasteiger partial charge in [-0.1, -0.05) is 13.8 Å². The van der Waals surface area contributed by atoms with E-state index in [4.69, 9.17) is 0 Å². The van der Waals surface area contributed by atoms with Crippen LogP contribution in [0.25, 0.3) is 0 Å². The first-order valence-electron chi connectivity index (χ1n) is 5.32. The van der Waals surface area contributed by atoms with Crippen molar-refractivity contribution in [2.75, 3.05) is 6.54 Å². The summed E-state index contributed by atoms with van der Waals surface area (Å²) < 4.78 is 0. The number of aromatic amines is 1. The summed E-state index contributed by atoms with van der Waals surface area (Å²) in [6.45, 7) is 9.75. The van der Waals surface area contributed by atoms with Crippen LogP contribution < -0.4 is 5.32 Å². The molecule has 0 aliphatic rings. The molecule has 3 heteroatoms. The Kier molecular flexibility index (Phi) is 4.14. The number of rotatable bonds is 5. The molecule has 3 nitrogen and oxygen atoms in total. The molecule has 0 aromatic carbocycles. The fraction of sp³-hybridized carbons (Fsp3) is 0.727. The normalized spacial score (nSPS) is 13.5. The van der Waals surface area contributed by atoms with Crippen molar-refractivity contribution in [2.45, 2.75) is 40.2 Å². The molecule has 1 atom stereocenters. The predicted octanol–water partition coefficient (Wildman–Crippen LogP) is 1.89. The van der Waals surface area contributed by atoms with Crippen molar-refractivity contribution in [3.8, 4) is 0 Å². The lowest BCUT2D eigenvalue weighted by Crippen LogP contribution is -2.31. The lowest BCUT2D eigenvalue weighted by molar-refractivity contribution is 0.479. The maximum atomic E-state index is 4.22. The van der Waals surface area contributed by atoms with Gasteiger partial charge in [-0.25, -0.2) is 0 Å². The van der Waals surface area contributed by atoms with Gasteiger partial charge >= 0.3 is 0 Å². The minimum absolute atomic E-state index is 0.500.